The number of carbonyl (C=O) groups is 3. The van der Waals surface area contributed by atoms with Gasteiger partial charge in [0.05, 0.1) is 23.6 Å². The van der Waals surface area contributed by atoms with E-state index >= 15 is 0 Å². The number of rotatable bonds is 11. The fourth-order valence-corrected chi connectivity index (χ4v) is 9.86. The van der Waals surface area contributed by atoms with Gasteiger partial charge in [0, 0.05) is 80.7 Å². The van der Waals surface area contributed by atoms with Crippen LogP contribution in [0, 0.1) is 18.3 Å². The summed E-state index contributed by atoms with van der Waals surface area (Å²) in [6.45, 7) is 18.0. The zero-order valence-electron chi connectivity index (χ0n) is 38.1. The Bertz CT molecular complexity index is 2500. The molecule has 4 saturated heterocycles. The normalized spacial score (nSPS) is 18.8. The van der Waals surface area contributed by atoms with Crippen LogP contribution < -0.4 is 30.7 Å². The molecule has 3 aromatic heterocycles. The number of hydrogen-bond acceptors (Lipinski definition) is 13. The largest absolute Gasteiger partial charge is 0.372 e. The third-order valence-electron chi connectivity index (χ3n) is 13.8. The Balaban J connectivity index is 0.719. The van der Waals surface area contributed by atoms with Gasteiger partial charge in [0.1, 0.15) is 18.0 Å². The van der Waals surface area contributed by atoms with Crippen LogP contribution in [0.2, 0.25) is 0 Å². The average molecular weight is 881 g/mol. The van der Waals surface area contributed by atoms with Gasteiger partial charge in [-0.3, -0.25) is 19.8 Å². The highest BCUT2D eigenvalue weighted by Crippen LogP contribution is 2.42. The number of piperidine rings is 2. The molecule has 16 nitrogen and oxygen atoms in total. The second kappa shape index (κ2) is 18.2. The third kappa shape index (κ3) is 9.97. The average Bonchev–Trinajstić information content (AvgIpc) is 3.96. The van der Waals surface area contributed by atoms with Gasteiger partial charge in [-0.05, 0) is 117 Å². The van der Waals surface area contributed by atoms with Crippen molar-refractivity contribution in [1.82, 2.24) is 40.6 Å². The highest BCUT2D eigenvalue weighted by molar-refractivity contribution is 6.05. The number of urea groups is 1. The standard InChI is InChI=1S/C49H60N12O4/c1-32-26-35(6-12-39(32)33(2)53-44(63)45-56-46(57-65-45)48(3,4)5)40-27-42(52-31-51-40)54-41-13-11-38(28-50-41)60-24-18-49(19-25-60)17-23-58(30-49)29-34-14-20-59(21-15-34)36-7-9-37(10-8-36)61-22-16-43(62)55-47(61)64/h6-13,26-28,31,33-34H,14-25,29-30H2,1-5H3,(H,53,63)(H,55,62,64)(H,50,51,52,54)/t33-/m1/s1. The van der Waals surface area contributed by atoms with E-state index in [2.05, 4.69) is 75.0 Å². The first-order chi connectivity index (χ1) is 31.3. The smallest absolute Gasteiger partial charge is 0.328 e. The number of hydrogen-bond donors (Lipinski definition) is 3. The van der Waals surface area contributed by atoms with Crippen molar-refractivity contribution in [2.24, 2.45) is 11.3 Å². The van der Waals surface area contributed by atoms with Crippen LogP contribution in [0.25, 0.3) is 11.3 Å². The van der Waals surface area contributed by atoms with E-state index in [0.717, 1.165) is 65.8 Å². The molecule has 3 N–H and O–H groups in total. The van der Waals surface area contributed by atoms with Crippen LogP contribution in [0.5, 0.6) is 0 Å². The van der Waals surface area contributed by atoms with Gasteiger partial charge in [0.25, 0.3) is 0 Å². The monoisotopic (exact) mass is 880 g/mol. The van der Waals surface area contributed by atoms with Crippen LogP contribution in [-0.2, 0) is 10.2 Å². The lowest BCUT2D eigenvalue weighted by Crippen LogP contribution is -2.49. The van der Waals surface area contributed by atoms with Gasteiger partial charge < -0.3 is 29.9 Å². The predicted molar refractivity (Wildman–Crippen MR) is 250 cm³/mol. The van der Waals surface area contributed by atoms with Crippen molar-refractivity contribution in [2.45, 2.75) is 84.6 Å². The molecule has 5 aromatic rings. The van der Waals surface area contributed by atoms with Gasteiger partial charge >= 0.3 is 17.8 Å². The molecule has 4 aliphatic heterocycles. The maximum atomic E-state index is 12.9. The van der Waals surface area contributed by atoms with E-state index in [0.29, 0.717) is 35.9 Å². The molecule has 65 heavy (non-hydrogen) atoms. The maximum absolute atomic E-state index is 12.9. The molecule has 0 aliphatic carbocycles. The van der Waals surface area contributed by atoms with E-state index in [1.807, 2.05) is 77.2 Å². The van der Waals surface area contributed by atoms with Gasteiger partial charge in [-0.2, -0.15) is 4.98 Å². The van der Waals surface area contributed by atoms with E-state index in [1.165, 1.54) is 57.4 Å². The predicted octanol–water partition coefficient (Wildman–Crippen LogP) is 7.42. The van der Waals surface area contributed by atoms with Crippen molar-refractivity contribution in [2.75, 3.05) is 72.4 Å². The van der Waals surface area contributed by atoms with E-state index in [4.69, 9.17) is 9.51 Å². The molecule has 4 amide bonds. The summed E-state index contributed by atoms with van der Waals surface area (Å²) in [6.07, 6.45) is 9.89. The first-order valence-electron chi connectivity index (χ1n) is 23.0. The van der Waals surface area contributed by atoms with E-state index in [1.54, 1.807) is 11.2 Å². The zero-order valence-corrected chi connectivity index (χ0v) is 38.1. The summed E-state index contributed by atoms with van der Waals surface area (Å²) in [5.41, 5.74) is 6.94. The lowest BCUT2D eigenvalue weighted by Gasteiger charge is -2.41. The molecule has 1 atom stereocenters. The zero-order chi connectivity index (χ0) is 45.3. The summed E-state index contributed by atoms with van der Waals surface area (Å²) in [5, 5.41) is 12.7. The fourth-order valence-electron chi connectivity index (χ4n) is 9.86. The molecular formula is C49H60N12O4. The summed E-state index contributed by atoms with van der Waals surface area (Å²) in [5.74, 6) is 1.90. The molecular weight excluding hydrogens is 821 g/mol. The minimum atomic E-state index is -0.409. The topological polar surface area (TPSA) is 178 Å². The summed E-state index contributed by atoms with van der Waals surface area (Å²) in [7, 11) is 0. The van der Waals surface area contributed by atoms with E-state index < -0.39 is 5.91 Å². The highest BCUT2D eigenvalue weighted by atomic mass is 16.5. The molecule has 16 heteroatoms. The van der Waals surface area contributed by atoms with Crippen molar-refractivity contribution in [3.63, 3.8) is 0 Å². The molecule has 0 radical (unpaired) electrons. The Hall–Kier alpha value is -6.42. The minimum Gasteiger partial charge on any atom is -0.372 e. The lowest BCUT2D eigenvalue weighted by atomic mass is 9.77. The van der Waals surface area contributed by atoms with Crippen molar-refractivity contribution in [1.29, 1.82) is 0 Å². The maximum Gasteiger partial charge on any atom is 0.328 e. The van der Waals surface area contributed by atoms with Crippen molar-refractivity contribution < 1.29 is 18.9 Å². The molecule has 4 aliphatic rings. The number of carbonyl (C=O) groups excluding carboxylic acids is 3. The second-order valence-electron chi connectivity index (χ2n) is 19.4. The van der Waals surface area contributed by atoms with Crippen molar-refractivity contribution in [3.05, 3.63) is 96.0 Å². The van der Waals surface area contributed by atoms with Gasteiger partial charge in [0.2, 0.25) is 5.91 Å². The number of amides is 4. The Morgan fingerprint density at radius 3 is 2.28 bits per heavy atom. The third-order valence-corrected chi connectivity index (χ3v) is 13.8. The summed E-state index contributed by atoms with van der Waals surface area (Å²) >= 11 is 0. The number of benzene rings is 2. The molecule has 9 rings (SSSR count). The molecule has 0 bridgehead atoms. The SMILES string of the molecule is Cc1cc(-c2cc(Nc3ccc(N4CCC5(CCN(CC6CCN(c7ccc(N8CCC(=O)NC8=O)cc7)CC6)C5)CC4)cn3)ncn2)ccc1[C@@H](C)NC(=O)c1nc(C(C)(C)C)no1. The molecule has 340 valence electrons. The van der Waals surface area contributed by atoms with E-state index in [9.17, 15) is 14.4 Å². The molecule has 4 fully saturated rings. The van der Waals surface area contributed by atoms with Crippen molar-refractivity contribution in [3.8, 4) is 11.3 Å². The second-order valence-corrected chi connectivity index (χ2v) is 19.4. The minimum absolute atomic E-state index is 0.0477. The van der Waals surface area contributed by atoms with Gasteiger partial charge in [0.15, 0.2) is 5.82 Å². The van der Waals surface area contributed by atoms with Crippen molar-refractivity contribution >= 4 is 46.5 Å². The van der Waals surface area contributed by atoms with Gasteiger partial charge in [-0.15, -0.1) is 0 Å². The molecule has 7 heterocycles. The summed E-state index contributed by atoms with van der Waals surface area (Å²) in [4.78, 5) is 64.1. The Labute approximate surface area is 380 Å². The Morgan fingerprint density at radius 1 is 0.862 bits per heavy atom. The van der Waals surface area contributed by atoms with Gasteiger partial charge in [-0.1, -0.05) is 38.1 Å². The molecule has 0 saturated carbocycles. The number of anilines is 5. The Kier molecular flexibility index (Phi) is 12.3. The van der Waals surface area contributed by atoms with Crippen LogP contribution in [0.3, 0.4) is 0 Å². The number of nitrogens with one attached hydrogen (secondary N) is 3. The fraction of sp³-hybridized carbons (Fsp3) is 0.469. The number of pyridine rings is 1. The number of likely N-dealkylation sites (tertiary alicyclic amines) is 1. The lowest BCUT2D eigenvalue weighted by molar-refractivity contribution is -0.120. The van der Waals surface area contributed by atoms with Crippen LogP contribution in [0.15, 0.2) is 77.7 Å². The summed E-state index contributed by atoms with van der Waals surface area (Å²) < 4.78 is 5.23. The molecule has 1 spiro atoms. The van der Waals surface area contributed by atoms with Crippen LogP contribution in [-0.4, -0.2) is 100 Å². The number of aromatic nitrogens is 5. The first kappa shape index (κ1) is 43.8. The number of aryl methyl sites for hydroxylation is 1. The van der Waals surface area contributed by atoms with Gasteiger partial charge in [-0.25, -0.2) is 19.7 Å². The first-order valence-corrected chi connectivity index (χ1v) is 23.0. The highest BCUT2D eigenvalue weighted by Gasteiger charge is 2.41. The summed E-state index contributed by atoms with van der Waals surface area (Å²) in [6, 6.07) is 19.7. The number of imide groups is 1. The van der Waals surface area contributed by atoms with E-state index in [-0.39, 0.29) is 29.3 Å². The number of nitrogens with zero attached hydrogens (tertiary/aromatic N) is 9. The molecule has 2 aromatic carbocycles. The molecule has 0 unspecified atom stereocenters. The van der Waals surface area contributed by atoms with Crippen LogP contribution in [0.4, 0.5) is 33.5 Å². The van der Waals surface area contributed by atoms with Crippen LogP contribution >= 0.6 is 0 Å². The Morgan fingerprint density at radius 2 is 1.58 bits per heavy atom. The quantitative estimate of drug-likeness (QED) is 0.120. The van der Waals surface area contributed by atoms with Crippen LogP contribution in [0.1, 0.15) is 99.9 Å².